The van der Waals surface area contributed by atoms with E-state index in [2.05, 4.69) is 34.8 Å². The molecule has 1 aliphatic heterocycles. The molecular weight excluding hydrogens is 552 g/mol. The number of hydrogen-bond acceptors (Lipinski definition) is 6. The van der Waals surface area contributed by atoms with Gasteiger partial charge in [-0.1, -0.05) is 77.0 Å². The van der Waals surface area contributed by atoms with Gasteiger partial charge in [-0.3, -0.25) is 9.36 Å². The molecule has 6 nitrogen and oxygen atoms in total. The number of phenolic OH excluding ortho intramolecular Hbond substituents is 1. The highest BCUT2D eigenvalue weighted by molar-refractivity contribution is 9.10. The van der Waals surface area contributed by atoms with E-state index in [1.165, 1.54) is 15.9 Å². The number of phenols is 1. The van der Waals surface area contributed by atoms with Crippen molar-refractivity contribution in [3.8, 4) is 5.75 Å². The summed E-state index contributed by atoms with van der Waals surface area (Å²) in [5, 5.41) is 10.6. The zero-order valence-corrected chi connectivity index (χ0v) is 22.8. The van der Waals surface area contributed by atoms with Gasteiger partial charge in [-0.05, 0) is 49.1 Å². The van der Waals surface area contributed by atoms with E-state index in [4.69, 9.17) is 16.3 Å². The van der Waals surface area contributed by atoms with E-state index in [0.29, 0.717) is 36.6 Å². The summed E-state index contributed by atoms with van der Waals surface area (Å²) in [6.07, 6.45) is 1.58. The highest BCUT2D eigenvalue weighted by Crippen LogP contribution is 2.33. The minimum Gasteiger partial charge on any atom is -0.506 e. The van der Waals surface area contributed by atoms with Crippen molar-refractivity contribution in [2.24, 2.45) is 4.99 Å². The Labute approximate surface area is 220 Å². The number of thiazole rings is 1. The van der Waals surface area contributed by atoms with E-state index >= 15 is 0 Å². The third kappa shape index (κ3) is 4.87. The number of rotatable bonds is 5. The SMILES string of the molecule is CCOC(=O)C1=C(C)N=c2s/c(=C\c3cc(Br)cc(Cl)c3O)c(=O)n2[C@@H]1c1ccc(C(C)C)cc1. The highest BCUT2D eigenvalue weighted by atomic mass is 79.9. The van der Waals surface area contributed by atoms with Crippen molar-refractivity contribution in [1.82, 2.24) is 4.57 Å². The molecule has 0 bridgehead atoms. The smallest absolute Gasteiger partial charge is 0.338 e. The third-order valence-electron chi connectivity index (χ3n) is 5.78. The predicted molar refractivity (Wildman–Crippen MR) is 142 cm³/mol. The van der Waals surface area contributed by atoms with Gasteiger partial charge >= 0.3 is 5.97 Å². The predicted octanol–water partition coefficient (Wildman–Crippen LogP) is 5.04. The number of ether oxygens (including phenoxy) is 1. The Morgan fingerprint density at radius 3 is 2.63 bits per heavy atom. The Kier molecular flexibility index (Phi) is 7.35. The topological polar surface area (TPSA) is 80.9 Å². The molecule has 0 fully saturated rings. The van der Waals surface area contributed by atoms with E-state index < -0.39 is 12.0 Å². The first kappa shape index (κ1) is 25.4. The van der Waals surface area contributed by atoms with Crippen molar-refractivity contribution in [2.45, 2.75) is 39.7 Å². The molecule has 0 saturated heterocycles. The van der Waals surface area contributed by atoms with Crippen LogP contribution in [0.1, 0.15) is 56.3 Å². The van der Waals surface area contributed by atoms with E-state index in [0.717, 1.165) is 11.1 Å². The van der Waals surface area contributed by atoms with Gasteiger partial charge in [-0.2, -0.15) is 0 Å². The van der Waals surface area contributed by atoms with Crippen LogP contribution in [0.15, 0.2) is 61.9 Å². The first-order valence-corrected chi connectivity index (χ1v) is 13.1. The van der Waals surface area contributed by atoms with Gasteiger partial charge in [-0.25, -0.2) is 9.79 Å². The number of nitrogens with zero attached hydrogens (tertiary/aromatic N) is 2. The maximum absolute atomic E-state index is 13.7. The van der Waals surface area contributed by atoms with E-state index in [1.54, 1.807) is 32.1 Å². The van der Waals surface area contributed by atoms with Gasteiger partial charge in [-0.15, -0.1) is 0 Å². The molecule has 35 heavy (non-hydrogen) atoms. The lowest BCUT2D eigenvalue weighted by Gasteiger charge is -2.25. The molecule has 1 aromatic heterocycles. The van der Waals surface area contributed by atoms with Crippen LogP contribution in [0.2, 0.25) is 5.02 Å². The Morgan fingerprint density at radius 2 is 2.00 bits per heavy atom. The Bertz CT molecular complexity index is 1520. The average Bonchev–Trinajstić information content (AvgIpc) is 3.10. The summed E-state index contributed by atoms with van der Waals surface area (Å²) < 4.78 is 7.89. The first-order valence-electron chi connectivity index (χ1n) is 11.1. The molecule has 2 aromatic carbocycles. The van der Waals surface area contributed by atoms with Crippen LogP contribution >= 0.6 is 38.9 Å². The van der Waals surface area contributed by atoms with Crippen molar-refractivity contribution in [2.75, 3.05) is 6.61 Å². The number of aromatic hydroxyl groups is 1. The van der Waals surface area contributed by atoms with Crippen molar-refractivity contribution in [1.29, 1.82) is 0 Å². The second kappa shape index (κ2) is 10.1. The Balaban J connectivity index is 1.96. The molecule has 0 amide bonds. The fraction of sp³-hybridized carbons (Fsp3) is 0.269. The van der Waals surface area contributed by atoms with Gasteiger partial charge in [0.05, 0.1) is 33.5 Å². The van der Waals surface area contributed by atoms with Crippen molar-refractivity contribution < 1.29 is 14.6 Å². The summed E-state index contributed by atoms with van der Waals surface area (Å²) in [7, 11) is 0. The third-order valence-corrected chi connectivity index (χ3v) is 7.51. The quantitative estimate of drug-likeness (QED) is 0.432. The number of halogens is 2. The zero-order valence-electron chi connectivity index (χ0n) is 19.6. The molecule has 0 unspecified atom stereocenters. The lowest BCUT2D eigenvalue weighted by atomic mass is 9.93. The average molecular weight is 576 g/mol. The minimum atomic E-state index is -0.687. The van der Waals surface area contributed by atoms with E-state index in [9.17, 15) is 14.7 Å². The molecule has 4 rings (SSSR count). The van der Waals surface area contributed by atoms with Gasteiger partial charge in [0.2, 0.25) is 0 Å². The number of fused-ring (bicyclic) bond motifs is 1. The Morgan fingerprint density at radius 1 is 1.31 bits per heavy atom. The summed E-state index contributed by atoms with van der Waals surface area (Å²) in [5.41, 5.74) is 2.85. The van der Waals surface area contributed by atoms with Crippen LogP contribution in [0.4, 0.5) is 0 Å². The normalized spacial score (nSPS) is 15.9. The van der Waals surface area contributed by atoms with Crippen molar-refractivity contribution in [3.63, 3.8) is 0 Å². The molecule has 9 heteroatoms. The molecule has 0 saturated carbocycles. The van der Waals surface area contributed by atoms with E-state index in [-0.39, 0.29) is 22.9 Å². The maximum Gasteiger partial charge on any atom is 0.338 e. The standard InChI is InChI=1S/C26H24BrClN2O4S/c1-5-34-25(33)21-14(4)29-26-30(22(21)16-8-6-15(7-9-16)13(2)3)24(32)20(35-26)11-17-10-18(27)12-19(28)23(17)31/h6-13,22,31H,5H2,1-4H3/b20-11-/t22-/m1/s1. The van der Waals surface area contributed by atoms with Crippen LogP contribution < -0.4 is 14.9 Å². The fourth-order valence-corrected chi connectivity index (χ4v) is 5.88. The maximum atomic E-state index is 13.7. The summed E-state index contributed by atoms with van der Waals surface area (Å²) in [6.45, 7) is 7.91. The molecule has 2 heterocycles. The zero-order chi connectivity index (χ0) is 25.4. The molecule has 0 radical (unpaired) electrons. The number of aromatic nitrogens is 1. The number of hydrogen-bond donors (Lipinski definition) is 1. The highest BCUT2D eigenvalue weighted by Gasteiger charge is 2.33. The molecule has 182 valence electrons. The van der Waals surface area contributed by atoms with Crippen LogP contribution in [0, 0.1) is 0 Å². The van der Waals surface area contributed by atoms with Gasteiger partial charge in [0.25, 0.3) is 5.56 Å². The monoisotopic (exact) mass is 574 g/mol. The second-order valence-electron chi connectivity index (χ2n) is 8.45. The lowest BCUT2D eigenvalue weighted by Crippen LogP contribution is -2.39. The lowest BCUT2D eigenvalue weighted by molar-refractivity contribution is -0.139. The molecule has 1 aliphatic rings. The van der Waals surface area contributed by atoms with Gasteiger partial charge in [0.15, 0.2) is 4.80 Å². The van der Waals surface area contributed by atoms with Crippen LogP contribution in [0.5, 0.6) is 5.75 Å². The largest absolute Gasteiger partial charge is 0.506 e. The van der Waals surface area contributed by atoms with Gasteiger partial charge in [0, 0.05) is 10.0 Å². The Hall–Kier alpha value is -2.68. The van der Waals surface area contributed by atoms with Crippen molar-refractivity contribution >= 4 is 50.9 Å². The number of allylic oxidation sites excluding steroid dienone is 1. The summed E-state index contributed by atoms with van der Waals surface area (Å²) >= 11 is 10.7. The molecule has 3 aromatic rings. The summed E-state index contributed by atoms with van der Waals surface area (Å²) in [4.78, 5) is 31.7. The van der Waals surface area contributed by atoms with Crippen LogP contribution in [-0.4, -0.2) is 22.2 Å². The van der Waals surface area contributed by atoms with Crippen LogP contribution in [0.3, 0.4) is 0 Å². The number of benzene rings is 2. The number of esters is 1. The minimum absolute atomic E-state index is 0.120. The summed E-state index contributed by atoms with van der Waals surface area (Å²) in [6, 6.07) is 10.5. The molecule has 1 N–H and O–H groups in total. The number of carbonyl (C=O) groups excluding carboxylic acids is 1. The van der Waals surface area contributed by atoms with Crippen LogP contribution in [-0.2, 0) is 9.53 Å². The molecule has 1 atom stereocenters. The second-order valence-corrected chi connectivity index (χ2v) is 10.8. The summed E-state index contributed by atoms with van der Waals surface area (Å²) in [5.74, 6) is -0.278. The molecule has 0 spiro atoms. The van der Waals surface area contributed by atoms with Crippen molar-refractivity contribution in [3.05, 3.63) is 93.5 Å². The van der Waals surface area contributed by atoms with E-state index in [1.807, 2.05) is 24.3 Å². The molecular formula is C26H24BrClN2O4S. The van der Waals surface area contributed by atoms with Gasteiger partial charge < -0.3 is 9.84 Å². The molecule has 0 aliphatic carbocycles. The first-order chi connectivity index (χ1) is 16.6. The number of carbonyl (C=O) groups is 1. The fourth-order valence-electron chi connectivity index (χ4n) is 4.01. The van der Waals surface area contributed by atoms with Crippen LogP contribution in [0.25, 0.3) is 6.08 Å². The van der Waals surface area contributed by atoms with Gasteiger partial charge in [0.1, 0.15) is 5.75 Å².